The van der Waals surface area contributed by atoms with Crippen LogP contribution in [0.3, 0.4) is 0 Å². The van der Waals surface area contributed by atoms with Crippen molar-refractivity contribution < 1.29 is 18.0 Å². The van der Waals surface area contributed by atoms with E-state index in [4.69, 9.17) is 11.6 Å². The Hall–Kier alpha value is -3.36. The van der Waals surface area contributed by atoms with Gasteiger partial charge in [-0.05, 0) is 47.4 Å². The van der Waals surface area contributed by atoms with Gasteiger partial charge in [0.15, 0.2) is 0 Å². The fourth-order valence-corrected chi connectivity index (χ4v) is 4.99. The lowest BCUT2D eigenvalue weighted by molar-refractivity contribution is -0.139. The number of likely N-dealkylation sites (N-methyl/N-ethyl adjacent to an activating group) is 1. The number of sulfonamides is 1. The molecule has 0 fully saturated rings. The van der Waals surface area contributed by atoms with E-state index in [-0.39, 0.29) is 18.9 Å². The third-order valence-corrected chi connectivity index (χ3v) is 7.49. The molecule has 0 aromatic heterocycles. The molecule has 3 rings (SSSR count). The smallest absolute Gasteiger partial charge is 0.244 e. The van der Waals surface area contributed by atoms with Gasteiger partial charge >= 0.3 is 0 Å². The van der Waals surface area contributed by atoms with E-state index < -0.39 is 28.5 Å². The fraction of sp³-hybridized carbons (Fsp3) is 0.286. The van der Waals surface area contributed by atoms with Crippen molar-refractivity contribution in [3.8, 4) is 0 Å². The number of nitrogens with one attached hydrogen (secondary N) is 1. The van der Waals surface area contributed by atoms with Gasteiger partial charge in [-0.2, -0.15) is 0 Å². The molecule has 9 heteroatoms. The zero-order valence-corrected chi connectivity index (χ0v) is 22.8. The molecular weight excluding hydrogens is 510 g/mol. The van der Waals surface area contributed by atoms with Gasteiger partial charge in [0.25, 0.3) is 0 Å². The Kier molecular flexibility index (Phi) is 9.72. The highest BCUT2D eigenvalue weighted by molar-refractivity contribution is 7.92. The van der Waals surface area contributed by atoms with Crippen LogP contribution in [0.1, 0.15) is 23.6 Å². The maximum Gasteiger partial charge on any atom is 0.244 e. The number of halogens is 1. The molecule has 0 heterocycles. The summed E-state index contributed by atoms with van der Waals surface area (Å²) in [5, 5.41) is 3.21. The SMILES string of the molecule is CCc1ccc(N(CC(=O)N(Cc2ccc(Cl)cc2)C(Cc2ccccc2)C(=O)NC)S(C)(=O)=O)cc1. The first-order valence-corrected chi connectivity index (χ1v) is 14.2. The Bertz CT molecular complexity index is 1300. The number of hydrogen-bond acceptors (Lipinski definition) is 4. The lowest BCUT2D eigenvalue weighted by Gasteiger charge is -2.33. The summed E-state index contributed by atoms with van der Waals surface area (Å²) in [5.74, 6) is -0.839. The number of amides is 2. The van der Waals surface area contributed by atoms with Gasteiger partial charge in [-0.1, -0.05) is 73.1 Å². The highest BCUT2D eigenvalue weighted by Gasteiger charge is 2.32. The first-order chi connectivity index (χ1) is 17.6. The number of hydrogen-bond donors (Lipinski definition) is 1. The Morgan fingerprint density at radius 2 is 1.49 bits per heavy atom. The van der Waals surface area contributed by atoms with Crippen molar-refractivity contribution >= 4 is 39.1 Å². The molecular formula is C28H32ClN3O4S. The number of benzene rings is 3. The first kappa shape index (κ1) is 28.2. The normalized spacial score (nSPS) is 12.0. The maximum absolute atomic E-state index is 13.8. The summed E-state index contributed by atoms with van der Waals surface area (Å²) < 4.78 is 26.6. The molecule has 37 heavy (non-hydrogen) atoms. The summed E-state index contributed by atoms with van der Waals surface area (Å²) in [7, 11) is -2.27. The Morgan fingerprint density at radius 1 is 0.892 bits per heavy atom. The summed E-state index contributed by atoms with van der Waals surface area (Å²) in [6, 6.07) is 22.6. The van der Waals surface area contributed by atoms with Crippen LogP contribution >= 0.6 is 11.6 Å². The van der Waals surface area contributed by atoms with E-state index in [0.717, 1.165) is 33.7 Å². The van der Waals surface area contributed by atoms with E-state index in [1.165, 1.54) is 11.9 Å². The van der Waals surface area contributed by atoms with Crippen LogP contribution < -0.4 is 9.62 Å². The van der Waals surface area contributed by atoms with Crippen LogP contribution in [0.4, 0.5) is 5.69 Å². The van der Waals surface area contributed by atoms with Gasteiger partial charge in [-0.15, -0.1) is 0 Å². The van der Waals surface area contributed by atoms with Crippen LogP contribution in [0.2, 0.25) is 5.02 Å². The van der Waals surface area contributed by atoms with Crippen molar-refractivity contribution in [3.05, 3.63) is 101 Å². The summed E-state index contributed by atoms with van der Waals surface area (Å²) in [4.78, 5) is 28.3. The van der Waals surface area contributed by atoms with Gasteiger partial charge in [0.05, 0.1) is 11.9 Å². The predicted molar refractivity (Wildman–Crippen MR) is 148 cm³/mol. The highest BCUT2D eigenvalue weighted by atomic mass is 35.5. The third kappa shape index (κ3) is 7.81. The van der Waals surface area contributed by atoms with Crippen LogP contribution in [0, 0.1) is 0 Å². The van der Waals surface area contributed by atoms with Gasteiger partial charge in [0.2, 0.25) is 21.8 Å². The Balaban J connectivity index is 2.00. The van der Waals surface area contributed by atoms with Crippen molar-refractivity contribution in [2.24, 2.45) is 0 Å². The van der Waals surface area contributed by atoms with Crippen LogP contribution in [0.15, 0.2) is 78.9 Å². The zero-order valence-electron chi connectivity index (χ0n) is 21.2. The van der Waals surface area contributed by atoms with Crippen molar-refractivity contribution in [1.82, 2.24) is 10.2 Å². The summed E-state index contributed by atoms with van der Waals surface area (Å²) in [6.45, 7) is 1.67. The molecule has 196 valence electrons. The minimum atomic E-state index is -3.79. The largest absolute Gasteiger partial charge is 0.357 e. The minimum Gasteiger partial charge on any atom is -0.357 e. The number of carbonyl (C=O) groups is 2. The van der Waals surface area contributed by atoms with Crippen molar-refractivity contribution in [2.75, 3.05) is 24.2 Å². The van der Waals surface area contributed by atoms with E-state index in [1.807, 2.05) is 49.4 Å². The lowest BCUT2D eigenvalue weighted by Crippen LogP contribution is -2.52. The molecule has 2 amide bonds. The molecule has 0 aliphatic carbocycles. The topological polar surface area (TPSA) is 86.8 Å². The fourth-order valence-electron chi connectivity index (χ4n) is 4.02. The molecule has 0 radical (unpaired) electrons. The van der Waals surface area contributed by atoms with Crippen LogP contribution in [0.5, 0.6) is 0 Å². The molecule has 1 unspecified atom stereocenters. The Labute approximate surface area is 224 Å². The molecule has 3 aromatic carbocycles. The second-order valence-electron chi connectivity index (χ2n) is 8.76. The predicted octanol–water partition coefficient (Wildman–Crippen LogP) is 4.05. The van der Waals surface area contributed by atoms with Crippen LogP contribution in [-0.4, -0.2) is 51.0 Å². The average Bonchev–Trinajstić information content (AvgIpc) is 2.89. The van der Waals surface area contributed by atoms with Crippen LogP contribution in [0.25, 0.3) is 0 Å². The Morgan fingerprint density at radius 3 is 2.03 bits per heavy atom. The van der Waals surface area contributed by atoms with E-state index in [2.05, 4.69) is 5.32 Å². The second-order valence-corrected chi connectivity index (χ2v) is 11.1. The number of rotatable bonds is 11. The van der Waals surface area contributed by atoms with Gasteiger partial charge in [-0.3, -0.25) is 13.9 Å². The van der Waals surface area contributed by atoms with Crippen LogP contribution in [-0.2, 0) is 39.0 Å². The van der Waals surface area contributed by atoms with Gasteiger partial charge in [0.1, 0.15) is 12.6 Å². The molecule has 0 saturated carbocycles. The van der Waals surface area contributed by atoms with Gasteiger partial charge in [-0.25, -0.2) is 8.42 Å². The third-order valence-electron chi connectivity index (χ3n) is 6.10. The molecule has 0 aliphatic rings. The molecule has 0 bridgehead atoms. The first-order valence-electron chi connectivity index (χ1n) is 12.0. The number of aryl methyl sites for hydroxylation is 1. The highest BCUT2D eigenvalue weighted by Crippen LogP contribution is 2.21. The molecule has 1 N–H and O–H groups in total. The van der Waals surface area contributed by atoms with E-state index in [1.54, 1.807) is 36.4 Å². The number of carbonyl (C=O) groups excluding carboxylic acids is 2. The summed E-state index contributed by atoms with van der Waals surface area (Å²) in [5.41, 5.74) is 3.08. The lowest BCUT2D eigenvalue weighted by atomic mass is 10.0. The van der Waals surface area contributed by atoms with E-state index in [0.29, 0.717) is 10.7 Å². The number of anilines is 1. The quantitative estimate of drug-likeness (QED) is 0.397. The van der Waals surface area contributed by atoms with Gasteiger partial charge < -0.3 is 10.2 Å². The molecule has 0 saturated heterocycles. The summed E-state index contributed by atoms with van der Waals surface area (Å²) in [6.07, 6.45) is 2.14. The average molecular weight is 542 g/mol. The maximum atomic E-state index is 13.8. The molecule has 3 aromatic rings. The zero-order chi connectivity index (χ0) is 27.0. The monoisotopic (exact) mass is 541 g/mol. The molecule has 0 aliphatic heterocycles. The molecule has 1 atom stereocenters. The standard InChI is InChI=1S/C28H32ClN3O4S/c1-4-21-12-16-25(17-13-21)32(37(3,35)36)20-27(33)31(19-23-10-14-24(29)15-11-23)26(28(34)30-2)18-22-8-6-5-7-9-22/h5-17,26H,4,18-20H2,1-3H3,(H,30,34). The molecule has 7 nitrogen and oxygen atoms in total. The van der Waals surface area contributed by atoms with E-state index >= 15 is 0 Å². The number of nitrogens with zero attached hydrogens (tertiary/aromatic N) is 2. The second kappa shape index (κ2) is 12.7. The van der Waals surface area contributed by atoms with Crippen molar-refractivity contribution in [2.45, 2.75) is 32.4 Å². The van der Waals surface area contributed by atoms with Gasteiger partial charge in [0, 0.05) is 25.0 Å². The molecule has 0 spiro atoms. The van der Waals surface area contributed by atoms with Crippen molar-refractivity contribution in [3.63, 3.8) is 0 Å². The minimum absolute atomic E-state index is 0.104. The van der Waals surface area contributed by atoms with Crippen molar-refractivity contribution in [1.29, 1.82) is 0 Å². The summed E-state index contributed by atoms with van der Waals surface area (Å²) >= 11 is 6.04. The van der Waals surface area contributed by atoms with E-state index in [9.17, 15) is 18.0 Å².